The average Bonchev–Trinajstić information content (AvgIpc) is 4.10. The number of fused-ring (bicyclic) bond motifs is 17. The van der Waals surface area contributed by atoms with E-state index in [0.29, 0.717) is 0 Å². The minimum Gasteiger partial charge on any atom is -0.455 e. The summed E-state index contributed by atoms with van der Waals surface area (Å²) in [5.74, 6) is 0. The van der Waals surface area contributed by atoms with Gasteiger partial charge in [0.2, 0.25) is 0 Å². The molecule has 3 heteroatoms. The van der Waals surface area contributed by atoms with Crippen LogP contribution < -0.4 is 4.90 Å². The Hall–Kier alpha value is -7.98. The van der Waals surface area contributed by atoms with E-state index < -0.39 is 5.41 Å². The Morgan fingerprint density at radius 2 is 0.938 bits per heavy atom. The number of thiophene rings is 1. The third kappa shape index (κ3) is 4.79. The van der Waals surface area contributed by atoms with Crippen molar-refractivity contribution in [2.75, 3.05) is 4.90 Å². The smallest absolute Gasteiger partial charge is 0.143 e. The van der Waals surface area contributed by atoms with E-state index in [-0.39, 0.29) is 0 Å². The van der Waals surface area contributed by atoms with Crippen LogP contribution in [0.2, 0.25) is 0 Å². The van der Waals surface area contributed by atoms with Crippen molar-refractivity contribution in [3.63, 3.8) is 0 Å². The van der Waals surface area contributed by atoms with Crippen molar-refractivity contribution >= 4 is 70.5 Å². The summed E-state index contributed by atoms with van der Waals surface area (Å²) in [4.78, 5) is 2.50. The fraction of sp³-hybridized carbons (Fsp3) is 0.0164. The van der Waals surface area contributed by atoms with E-state index in [1.807, 2.05) is 17.4 Å². The third-order valence-corrected chi connectivity index (χ3v) is 15.0. The van der Waals surface area contributed by atoms with Crippen LogP contribution in [0, 0.1) is 0 Å². The maximum Gasteiger partial charge on any atom is 0.143 e. The van der Waals surface area contributed by atoms with Crippen LogP contribution in [-0.4, -0.2) is 0 Å². The van der Waals surface area contributed by atoms with E-state index in [9.17, 15) is 0 Å². The van der Waals surface area contributed by atoms with Crippen molar-refractivity contribution in [3.8, 4) is 44.5 Å². The molecule has 0 N–H and O–H groups in total. The Bertz CT molecular complexity index is 3860. The van der Waals surface area contributed by atoms with Crippen LogP contribution in [0.3, 0.4) is 0 Å². The van der Waals surface area contributed by atoms with Gasteiger partial charge in [-0.3, -0.25) is 0 Å². The first-order valence-electron chi connectivity index (χ1n) is 22.0. The minimum absolute atomic E-state index is 0.509. The van der Waals surface area contributed by atoms with Crippen LogP contribution in [0.5, 0.6) is 0 Å². The molecule has 0 bridgehead atoms. The van der Waals surface area contributed by atoms with Gasteiger partial charge in [0.25, 0.3) is 0 Å². The fourth-order valence-electron chi connectivity index (χ4n) is 11.4. The number of hydrogen-bond acceptors (Lipinski definition) is 3. The lowest BCUT2D eigenvalue weighted by molar-refractivity contribution is 0.670. The maximum absolute atomic E-state index is 6.53. The minimum atomic E-state index is -0.509. The highest BCUT2D eigenvalue weighted by Crippen LogP contribution is 2.66. The zero-order valence-electron chi connectivity index (χ0n) is 34.6. The molecular weight excluding hydrogens is 795 g/mol. The molecule has 2 heterocycles. The van der Waals surface area contributed by atoms with Gasteiger partial charge in [-0.25, -0.2) is 0 Å². The Labute approximate surface area is 374 Å². The van der Waals surface area contributed by atoms with Crippen LogP contribution in [0.4, 0.5) is 17.1 Å². The van der Waals surface area contributed by atoms with E-state index in [1.165, 1.54) is 75.8 Å². The molecule has 2 aromatic heterocycles. The van der Waals surface area contributed by atoms with E-state index in [0.717, 1.165) is 50.1 Å². The Balaban J connectivity index is 1.03. The second-order valence-electron chi connectivity index (χ2n) is 17.0. The Morgan fingerprint density at radius 1 is 0.359 bits per heavy atom. The topological polar surface area (TPSA) is 16.4 Å². The first kappa shape index (κ1) is 35.6. The summed E-state index contributed by atoms with van der Waals surface area (Å²) < 4.78 is 9.18. The molecule has 298 valence electrons. The van der Waals surface area contributed by atoms with Crippen molar-refractivity contribution in [3.05, 3.63) is 247 Å². The van der Waals surface area contributed by atoms with Crippen molar-refractivity contribution in [2.24, 2.45) is 0 Å². The van der Waals surface area contributed by atoms with Gasteiger partial charge in [0.1, 0.15) is 11.2 Å². The number of anilines is 3. The van der Waals surface area contributed by atoms with Crippen LogP contribution >= 0.6 is 11.3 Å². The molecule has 0 radical (unpaired) electrons. The standard InChI is InChI=1S/C61H37NOS/c1-2-16-38(17-3-1)41-18-6-11-28-52(41)62(40-34-32-39(33-35-40)42-23-14-24-44-43-19-7-12-30-54(43)63-60(42)44)53-29-15-27-50-57(53)45-20-4-9-25-48(45)61(50)49-26-10-5-21-46(49)58-51(61)36-37-56-59(58)47-22-8-13-31-55(47)64-56/h1-37H. The lowest BCUT2D eigenvalue weighted by atomic mass is 9.70. The summed E-state index contributed by atoms with van der Waals surface area (Å²) in [5.41, 5.74) is 19.7. The van der Waals surface area contributed by atoms with Crippen LogP contribution in [-0.2, 0) is 5.41 Å². The predicted molar refractivity (Wildman–Crippen MR) is 268 cm³/mol. The fourth-order valence-corrected chi connectivity index (χ4v) is 12.5. The molecule has 0 saturated heterocycles. The monoisotopic (exact) mass is 831 g/mol. The van der Waals surface area contributed by atoms with Gasteiger partial charge in [-0.2, -0.15) is 0 Å². The third-order valence-electron chi connectivity index (χ3n) is 13.9. The van der Waals surface area contributed by atoms with Gasteiger partial charge in [-0.15, -0.1) is 11.3 Å². The largest absolute Gasteiger partial charge is 0.455 e. The van der Waals surface area contributed by atoms with Crippen LogP contribution in [0.1, 0.15) is 22.3 Å². The number of para-hydroxylation sites is 3. The number of furan rings is 1. The quantitative estimate of drug-likeness (QED) is 0.172. The summed E-state index contributed by atoms with van der Waals surface area (Å²) in [6.45, 7) is 0. The molecule has 0 saturated carbocycles. The average molecular weight is 832 g/mol. The van der Waals surface area contributed by atoms with Crippen molar-refractivity contribution < 1.29 is 4.42 Å². The summed E-state index contributed by atoms with van der Waals surface area (Å²) in [6.07, 6.45) is 0. The maximum atomic E-state index is 6.53. The molecule has 10 aromatic carbocycles. The van der Waals surface area contributed by atoms with Gasteiger partial charge >= 0.3 is 0 Å². The summed E-state index contributed by atoms with van der Waals surface area (Å²) in [5, 5.41) is 4.96. The van der Waals surface area contributed by atoms with E-state index in [4.69, 9.17) is 4.42 Å². The summed E-state index contributed by atoms with van der Waals surface area (Å²) in [6, 6.07) is 82.7. The molecule has 1 unspecified atom stereocenters. The molecule has 0 amide bonds. The first-order valence-corrected chi connectivity index (χ1v) is 22.8. The Morgan fingerprint density at radius 3 is 1.77 bits per heavy atom. The van der Waals surface area contributed by atoms with Gasteiger partial charge in [0.05, 0.1) is 16.8 Å². The van der Waals surface area contributed by atoms with Crippen LogP contribution in [0.15, 0.2) is 229 Å². The highest BCUT2D eigenvalue weighted by Gasteiger charge is 2.53. The molecule has 14 rings (SSSR count). The lowest BCUT2D eigenvalue weighted by Gasteiger charge is -2.32. The highest BCUT2D eigenvalue weighted by molar-refractivity contribution is 7.26. The molecule has 1 spiro atoms. The zero-order valence-corrected chi connectivity index (χ0v) is 35.4. The molecule has 64 heavy (non-hydrogen) atoms. The van der Waals surface area contributed by atoms with Crippen molar-refractivity contribution in [1.82, 2.24) is 0 Å². The SMILES string of the molecule is c1ccc(-c2ccccc2N(c2ccc(-c3cccc4c3oc3ccccc34)cc2)c2cccc3c2-c2ccccc2C32c3ccccc3-c3c2ccc2sc4ccccc4c32)cc1. The van der Waals surface area contributed by atoms with Gasteiger partial charge in [-0.05, 0) is 92.5 Å². The summed E-state index contributed by atoms with van der Waals surface area (Å²) in [7, 11) is 0. The predicted octanol–water partition coefficient (Wildman–Crippen LogP) is 17.1. The molecule has 2 nitrogen and oxygen atoms in total. The number of rotatable bonds is 5. The van der Waals surface area contributed by atoms with E-state index >= 15 is 0 Å². The van der Waals surface area contributed by atoms with Gasteiger partial charge < -0.3 is 9.32 Å². The van der Waals surface area contributed by atoms with Gasteiger partial charge in [0.15, 0.2) is 0 Å². The van der Waals surface area contributed by atoms with E-state index in [1.54, 1.807) is 0 Å². The second-order valence-corrected chi connectivity index (χ2v) is 18.1. The van der Waals surface area contributed by atoms with Crippen molar-refractivity contribution in [2.45, 2.75) is 5.41 Å². The Kier molecular flexibility index (Phi) is 7.51. The molecule has 0 aliphatic heterocycles. The molecule has 0 fully saturated rings. The lowest BCUT2D eigenvalue weighted by Crippen LogP contribution is -2.26. The van der Waals surface area contributed by atoms with Crippen molar-refractivity contribution in [1.29, 1.82) is 0 Å². The first-order chi connectivity index (χ1) is 31.8. The summed E-state index contributed by atoms with van der Waals surface area (Å²) >= 11 is 1.89. The number of benzene rings is 10. The van der Waals surface area contributed by atoms with Crippen LogP contribution in [0.25, 0.3) is 86.6 Å². The van der Waals surface area contributed by atoms with Gasteiger partial charge in [0, 0.05) is 53.3 Å². The second kappa shape index (κ2) is 13.5. The molecule has 2 aliphatic rings. The van der Waals surface area contributed by atoms with E-state index in [2.05, 4.69) is 223 Å². The molecular formula is C61H37NOS. The van der Waals surface area contributed by atoms with Gasteiger partial charge in [-0.1, -0.05) is 182 Å². The number of hydrogen-bond donors (Lipinski definition) is 0. The zero-order chi connectivity index (χ0) is 41.9. The normalized spacial score (nSPS) is 14.6. The molecule has 2 aliphatic carbocycles. The highest BCUT2D eigenvalue weighted by atomic mass is 32.1. The molecule has 12 aromatic rings. The number of nitrogens with zero attached hydrogens (tertiary/aromatic N) is 1. The molecule has 1 atom stereocenters.